The highest BCUT2D eigenvalue weighted by Gasteiger charge is 2.11. The van der Waals surface area contributed by atoms with Crippen molar-refractivity contribution in [3.05, 3.63) is 36.4 Å². The molecule has 1 aliphatic heterocycles. The number of anilines is 1. The van der Waals surface area contributed by atoms with E-state index in [1.54, 1.807) is 0 Å². The molecule has 1 saturated heterocycles. The molecule has 1 atom stereocenters. The fraction of sp³-hybridized carbons (Fsp3) is 0.400. The third kappa shape index (κ3) is 2.62. The molecule has 0 unspecified atom stereocenters. The standard InChI is InChI=1S/C15H19N3/c1-2-7-14-12(5-1)8-9-15(18-14)17-11-13-6-3-4-10-16-13/h1-2,5,7-9,13,16H,3-4,6,10-11H2,(H,17,18)/t13-/m0/s1. The van der Waals surface area contributed by atoms with Gasteiger partial charge in [-0.2, -0.15) is 0 Å². The van der Waals surface area contributed by atoms with Gasteiger partial charge in [0.05, 0.1) is 5.52 Å². The summed E-state index contributed by atoms with van der Waals surface area (Å²) in [7, 11) is 0. The molecule has 2 N–H and O–H groups in total. The molecule has 1 aromatic carbocycles. The Morgan fingerprint density at radius 2 is 2.11 bits per heavy atom. The maximum absolute atomic E-state index is 4.62. The van der Waals surface area contributed by atoms with Crippen LogP contribution in [0.5, 0.6) is 0 Å². The van der Waals surface area contributed by atoms with Gasteiger partial charge < -0.3 is 10.6 Å². The molecule has 0 bridgehead atoms. The van der Waals surface area contributed by atoms with Crippen molar-refractivity contribution in [3.63, 3.8) is 0 Å². The number of nitrogens with zero attached hydrogens (tertiary/aromatic N) is 1. The first-order chi connectivity index (χ1) is 8.92. The number of hydrogen-bond acceptors (Lipinski definition) is 3. The number of piperidine rings is 1. The van der Waals surface area contributed by atoms with Crippen molar-refractivity contribution < 1.29 is 0 Å². The molecule has 18 heavy (non-hydrogen) atoms. The Hall–Kier alpha value is -1.61. The van der Waals surface area contributed by atoms with Gasteiger partial charge in [-0.3, -0.25) is 0 Å². The average molecular weight is 241 g/mol. The minimum atomic E-state index is 0.590. The number of para-hydroxylation sites is 1. The van der Waals surface area contributed by atoms with E-state index < -0.39 is 0 Å². The predicted octanol–water partition coefficient (Wildman–Crippen LogP) is 2.79. The molecule has 0 saturated carbocycles. The molecule has 94 valence electrons. The topological polar surface area (TPSA) is 37.0 Å². The van der Waals surface area contributed by atoms with E-state index in [4.69, 9.17) is 0 Å². The van der Waals surface area contributed by atoms with Crippen LogP contribution < -0.4 is 10.6 Å². The maximum atomic E-state index is 4.62. The maximum Gasteiger partial charge on any atom is 0.126 e. The fourth-order valence-electron chi connectivity index (χ4n) is 2.49. The zero-order valence-corrected chi connectivity index (χ0v) is 10.5. The summed E-state index contributed by atoms with van der Waals surface area (Å²) in [6.45, 7) is 2.11. The van der Waals surface area contributed by atoms with Gasteiger partial charge in [-0.1, -0.05) is 24.6 Å². The van der Waals surface area contributed by atoms with Crippen molar-refractivity contribution in [2.45, 2.75) is 25.3 Å². The number of pyridine rings is 1. The summed E-state index contributed by atoms with van der Waals surface area (Å²) < 4.78 is 0. The summed E-state index contributed by atoms with van der Waals surface area (Å²) >= 11 is 0. The van der Waals surface area contributed by atoms with Crippen LogP contribution in [-0.4, -0.2) is 24.1 Å². The molecule has 2 aromatic rings. The Morgan fingerprint density at radius 1 is 1.17 bits per heavy atom. The Labute approximate surface area is 108 Å². The largest absolute Gasteiger partial charge is 0.368 e. The van der Waals surface area contributed by atoms with Crippen molar-refractivity contribution in [1.82, 2.24) is 10.3 Å². The second-order valence-electron chi connectivity index (χ2n) is 4.92. The van der Waals surface area contributed by atoms with Crippen molar-refractivity contribution in [2.24, 2.45) is 0 Å². The Balaban J connectivity index is 1.66. The van der Waals surface area contributed by atoms with E-state index >= 15 is 0 Å². The zero-order valence-electron chi connectivity index (χ0n) is 10.5. The molecule has 3 nitrogen and oxygen atoms in total. The van der Waals surface area contributed by atoms with Gasteiger partial charge in [0.1, 0.15) is 5.82 Å². The first-order valence-electron chi connectivity index (χ1n) is 6.75. The van der Waals surface area contributed by atoms with Crippen LogP contribution in [-0.2, 0) is 0 Å². The van der Waals surface area contributed by atoms with E-state index in [1.807, 2.05) is 12.1 Å². The minimum Gasteiger partial charge on any atom is -0.368 e. The molecule has 1 aromatic heterocycles. The fourth-order valence-corrected chi connectivity index (χ4v) is 2.49. The van der Waals surface area contributed by atoms with Gasteiger partial charge in [-0.15, -0.1) is 0 Å². The minimum absolute atomic E-state index is 0.590. The molecule has 3 heteroatoms. The Morgan fingerprint density at radius 3 is 3.00 bits per heavy atom. The SMILES string of the molecule is c1ccc2nc(NC[C@@H]3CCCCN3)ccc2c1. The molecule has 0 radical (unpaired) electrons. The number of nitrogens with one attached hydrogen (secondary N) is 2. The van der Waals surface area contributed by atoms with Gasteiger partial charge in [0, 0.05) is 18.0 Å². The first kappa shape index (κ1) is 11.5. The highest BCUT2D eigenvalue weighted by Crippen LogP contribution is 2.15. The van der Waals surface area contributed by atoms with Gasteiger partial charge in [0.25, 0.3) is 0 Å². The molecule has 1 fully saturated rings. The van der Waals surface area contributed by atoms with E-state index in [0.717, 1.165) is 24.4 Å². The van der Waals surface area contributed by atoms with Crippen LogP contribution in [0.25, 0.3) is 10.9 Å². The van der Waals surface area contributed by atoms with Gasteiger partial charge >= 0.3 is 0 Å². The van der Waals surface area contributed by atoms with Crippen LogP contribution >= 0.6 is 0 Å². The molecule has 0 spiro atoms. The van der Waals surface area contributed by atoms with Crippen LogP contribution in [0.4, 0.5) is 5.82 Å². The number of aromatic nitrogens is 1. The second kappa shape index (κ2) is 5.36. The molecule has 0 aliphatic carbocycles. The van der Waals surface area contributed by atoms with Gasteiger partial charge in [0.2, 0.25) is 0 Å². The lowest BCUT2D eigenvalue weighted by atomic mass is 10.1. The lowest BCUT2D eigenvalue weighted by Gasteiger charge is -2.23. The summed E-state index contributed by atoms with van der Waals surface area (Å²) in [5.74, 6) is 0.973. The summed E-state index contributed by atoms with van der Waals surface area (Å²) in [6.07, 6.45) is 3.91. The van der Waals surface area contributed by atoms with Crippen LogP contribution in [0.15, 0.2) is 36.4 Å². The summed E-state index contributed by atoms with van der Waals surface area (Å²) in [4.78, 5) is 4.62. The number of fused-ring (bicyclic) bond motifs is 1. The number of rotatable bonds is 3. The predicted molar refractivity (Wildman–Crippen MR) is 75.9 cm³/mol. The number of benzene rings is 1. The number of hydrogen-bond donors (Lipinski definition) is 2. The third-order valence-corrected chi connectivity index (χ3v) is 3.54. The summed E-state index contributed by atoms with van der Waals surface area (Å²) in [5.41, 5.74) is 1.05. The van der Waals surface area contributed by atoms with Gasteiger partial charge in [-0.05, 0) is 37.6 Å². The molecule has 2 heterocycles. The molecule has 1 aliphatic rings. The van der Waals surface area contributed by atoms with Crippen molar-refractivity contribution >= 4 is 16.7 Å². The quantitative estimate of drug-likeness (QED) is 0.867. The van der Waals surface area contributed by atoms with Crippen LogP contribution in [0.1, 0.15) is 19.3 Å². The normalized spacial score (nSPS) is 19.9. The Kier molecular flexibility index (Phi) is 3.42. The van der Waals surface area contributed by atoms with E-state index in [-0.39, 0.29) is 0 Å². The zero-order chi connectivity index (χ0) is 12.2. The summed E-state index contributed by atoms with van der Waals surface area (Å²) in [6, 6.07) is 13.0. The van der Waals surface area contributed by atoms with Crippen LogP contribution in [0.3, 0.4) is 0 Å². The van der Waals surface area contributed by atoms with E-state index in [9.17, 15) is 0 Å². The van der Waals surface area contributed by atoms with Crippen molar-refractivity contribution in [1.29, 1.82) is 0 Å². The Bertz CT molecular complexity index is 518. The lowest BCUT2D eigenvalue weighted by Crippen LogP contribution is -2.39. The van der Waals surface area contributed by atoms with Gasteiger partial charge in [-0.25, -0.2) is 4.98 Å². The molecular formula is C15H19N3. The van der Waals surface area contributed by atoms with Crippen LogP contribution in [0.2, 0.25) is 0 Å². The highest BCUT2D eigenvalue weighted by molar-refractivity contribution is 5.80. The van der Waals surface area contributed by atoms with Crippen molar-refractivity contribution in [2.75, 3.05) is 18.4 Å². The first-order valence-corrected chi connectivity index (χ1v) is 6.75. The summed E-state index contributed by atoms with van der Waals surface area (Å²) in [5, 5.41) is 8.16. The smallest absolute Gasteiger partial charge is 0.126 e. The molecule has 0 amide bonds. The second-order valence-corrected chi connectivity index (χ2v) is 4.92. The van der Waals surface area contributed by atoms with Crippen LogP contribution in [0, 0.1) is 0 Å². The highest BCUT2D eigenvalue weighted by atomic mass is 15.0. The monoisotopic (exact) mass is 241 g/mol. The third-order valence-electron chi connectivity index (χ3n) is 3.54. The molecule has 3 rings (SSSR count). The average Bonchev–Trinajstić information content (AvgIpc) is 2.46. The lowest BCUT2D eigenvalue weighted by molar-refractivity contribution is 0.414. The van der Waals surface area contributed by atoms with E-state index in [0.29, 0.717) is 6.04 Å². The van der Waals surface area contributed by atoms with Gasteiger partial charge in [0.15, 0.2) is 0 Å². The van der Waals surface area contributed by atoms with E-state index in [1.165, 1.54) is 24.6 Å². The van der Waals surface area contributed by atoms with E-state index in [2.05, 4.69) is 39.9 Å². The van der Waals surface area contributed by atoms with Crippen molar-refractivity contribution in [3.8, 4) is 0 Å². The molecular weight excluding hydrogens is 222 g/mol.